The maximum atomic E-state index is 11.4. The van der Waals surface area contributed by atoms with Gasteiger partial charge in [0.25, 0.3) is 0 Å². The van der Waals surface area contributed by atoms with E-state index < -0.39 is 9.84 Å². The Kier molecular flexibility index (Phi) is 5.35. The van der Waals surface area contributed by atoms with Crippen molar-refractivity contribution in [3.05, 3.63) is 22.7 Å². The van der Waals surface area contributed by atoms with E-state index in [9.17, 15) is 8.42 Å². The molecule has 7 heteroatoms. The highest BCUT2D eigenvalue weighted by Crippen LogP contribution is 2.36. The number of hydrogen-bond acceptors (Lipinski definition) is 5. The summed E-state index contributed by atoms with van der Waals surface area (Å²) in [5.41, 5.74) is 0.978. The van der Waals surface area contributed by atoms with E-state index in [-0.39, 0.29) is 17.5 Å². The Morgan fingerprint density at radius 3 is 2.48 bits per heavy atom. The lowest BCUT2D eigenvalue weighted by atomic mass is 10.1. The van der Waals surface area contributed by atoms with Crippen LogP contribution in [0.25, 0.3) is 0 Å². The van der Waals surface area contributed by atoms with E-state index >= 15 is 0 Å². The molecular formula is C14H20ClNO4S. The highest BCUT2D eigenvalue weighted by molar-refractivity contribution is 7.91. The van der Waals surface area contributed by atoms with Crippen LogP contribution < -0.4 is 14.8 Å². The van der Waals surface area contributed by atoms with Gasteiger partial charge in [0, 0.05) is 12.6 Å². The largest absolute Gasteiger partial charge is 0.493 e. The van der Waals surface area contributed by atoms with Crippen LogP contribution in [0.2, 0.25) is 5.02 Å². The predicted molar refractivity (Wildman–Crippen MR) is 83.1 cm³/mol. The molecule has 21 heavy (non-hydrogen) atoms. The molecule has 1 aromatic rings. The summed E-state index contributed by atoms with van der Waals surface area (Å²) >= 11 is 6.16. The number of benzene rings is 1. The lowest BCUT2D eigenvalue weighted by Crippen LogP contribution is -2.37. The molecule has 0 atom stereocenters. The van der Waals surface area contributed by atoms with Gasteiger partial charge in [0.1, 0.15) is 9.84 Å². The van der Waals surface area contributed by atoms with Crippen molar-refractivity contribution < 1.29 is 17.9 Å². The van der Waals surface area contributed by atoms with Gasteiger partial charge in [-0.05, 0) is 30.5 Å². The summed E-state index contributed by atoms with van der Waals surface area (Å²) in [5.74, 6) is 1.63. The van der Waals surface area contributed by atoms with Gasteiger partial charge in [-0.3, -0.25) is 0 Å². The second-order valence-electron chi connectivity index (χ2n) is 5.12. The standard InChI is InChI=1S/C14H20ClNO4S/c1-19-13-8-10(7-12(15)14(13)20-2)9-16-11-3-5-21(17,18)6-4-11/h7-8,11,16H,3-6,9H2,1-2H3. The van der Waals surface area contributed by atoms with Crippen molar-refractivity contribution in [3.8, 4) is 11.5 Å². The van der Waals surface area contributed by atoms with E-state index in [0.29, 0.717) is 35.9 Å². The summed E-state index contributed by atoms with van der Waals surface area (Å²) < 4.78 is 33.2. The number of rotatable bonds is 5. The second kappa shape index (κ2) is 6.85. The fraction of sp³-hybridized carbons (Fsp3) is 0.571. The van der Waals surface area contributed by atoms with Crippen LogP contribution in [0.3, 0.4) is 0 Å². The van der Waals surface area contributed by atoms with Gasteiger partial charge >= 0.3 is 0 Å². The van der Waals surface area contributed by atoms with Gasteiger partial charge in [0.05, 0.1) is 30.7 Å². The molecule has 1 fully saturated rings. The summed E-state index contributed by atoms with van der Waals surface area (Å²) in [7, 11) is 0.290. The Morgan fingerprint density at radius 2 is 1.90 bits per heavy atom. The average Bonchev–Trinajstić information content (AvgIpc) is 2.45. The lowest BCUT2D eigenvalue weighted by molar-refractivity contribution is 0.354. The molecule has 1 saturated heterocycles. The van der Waals surface area contributed by atoms with Crippen molar-refractivity contribution >= 4 is 21.4 Å². The van der Waals surface area contributed by atoms with Crippen LogP contribution in [0, 0.1) is 0 Å². The maximum absolute atomic E-state index is 11.4. The molecule has 0 spiro atoms. The third kappa shape index (κ3) is 4.25. The van der Waals surface area contributed by atoms with Gasteiger partial charge < -0.3 is 14.8 Å². The monoisotopic (exact) mass is 333 g/mol. The molecular weight excluding hydrogens is 314 g/mol. The Balaban J connectivity index is 1.99. The number of sulfone groups is 1. The van der Waals surface area contributed by atoms with Crippen LogP contribution in [0.1, 0.15) is 18.4 Å². The molecule has 0 unspecified atom stereocenters. The molecule has 118 valence electrons. The van der Waals surface area contributed by atoms with Crippen LogP contribution in [0.4, 0.5) is 0 Å². The molecule has 1 aromatic carbocycles. The average molecular weight is 334 g/mol. The molecule has 1 aliphatic heterocycles. The Morgan fingerprint density at radius 1 is 1.24 bits per heavy atom. The van der Waals surface area contributed by atoms with Crippen molar-refractivity contribution in [2.75, 3.05) is 25.7 Å². The van der Waals surface area contributed by atoms with E-state index in [0.717, 1.165) is 5.56 Å². The lowest BCUT2D eigenvalue weighted by Gasteiger charge is -2.23. The minimum absolute atomic E-state index is 0.223. The third-order valence-electron chi connectivity index (χ3n) is 3.64. The third-order valence-corrected chi connectivity index (χ3v) is 5.64. The molecule has 0 aromatic heterocycles. The van der Waals surface area contributed by atoms with Crippen molar-refractivity contribution in [2.45, 2.75) is 25.4 Å². The van der Waals surface area contributed by atoms with E-state index in [1.807, 2.05) is 12.1 Å². The van der Waals surface area contributed by atoms with E-state index in [4.69, 9.17) is 21.1 Å². The smallest absolute Gasteiger partial charge is 0.179 e. The van der Waals surface area contributed by atoms with Crippen LogP contribution in [-0.2, 0) is 16.4 Å². The van der Waals surface area contributed by atoms with E-state index in [2.05, 4.69) is 5.32 Å². The Hall–Kier alpha value is -0.980. The quantitative estimate of drug-likeness (QED) is 0.893. The molecule has 1 N–H and O–H groups in total. The number of nitrogens with one attached hydrogen (secondary N) is 1. The van der Waals surface area contributed by atoms with Gasteiger partial charge in [-0.15, -0.1) is 0 Å². The van der Waals surface area contributed by atoms with E-state index in [1.54, 1.807) is 14.2 Å². The number of ether oxygens (including phenoxy) is 2. The highest BCUT2D eigenvalue weighted by Gasteiger charge is 2.23. The van der Waals surface area contributed by atoms with Gasteiger partial charge in [-0.2, -0.15) is 0 Å². The van der Waals surface area contributed by atoms with Crippen LogP contribution in [0.15, 0.2) is 12.1 Å². The van der Waals surface area contributed by atoms with E-state index in [1.165, 1.54) is 0 Å². The number of methoxy groups -OCH3 is 2. The Bertz CT molecular complexity index is 589. The molecule has 2 rings (SSSR count). The summed E-state index contributed by atoms with van der Waals surface area (Å²) in [4.78, 5) is 0. The molecule has 0 radical (unpaired) electrons. The summed E-state index contributed by atoms with van der Waals surface area (Å²) in [6.45, 7) is 0.616. The summed E-state index contributed by atoms with van der Waals surface area (Å²) in [6, 6.07) is 3.92. The first-order valence-electron chi connectivity index (χ1n) is 6.79. The number of hydrogen-bond donors (Lipinski definition) is 1. The summed E-state index contributed by atoms with van der Waals surface area (Å²) in [5, 5.41) is 3.87. The molecule has 0 saturated carbocycles. The van der Waals surface area contributed by atoms with Gasteiger partial charge in [0.2, 0.25) is 0 Å². The molecule has 0 amide bonds. The van der Waals surface area contributed by atoms with Crippen LogP contribution >= 0.6 is 11.6 Å². The van der Waals surface area contributed by atoms with Crippen molar-refractivity contribution in [1.82, 2.24) is 5.32 Å². The fourth-order valence-electron chi connectivity index (χ4n) is 2.43. The zero-order chi connectivity index (χ0) is 15.5. The molecule has 0 aliphatic carbocycles. The SMILES string of the molecule is COc1cc(CNC2CCS(=O)(=O)CC2)cc(Cl)c1OC. The van der Waals surface area contributed by atoms with Crippen molar-refractivity contribution in [3.63, 3.8) is 0 Å². The van der Waals surface area contributed by atoms with Crippen LogP contribution in [0.5, 0.6) is 11.5 Å². The molecule has 5 nitrogen and oxygen atoms in total. The first-order chi connectivity index (χ1) is 9.95. The first-order valence-corrected chi connectivity index (χ1v) is 8.99. The van der Waals surface area contributed by atoms with Gasteiger partial charge in [-0.1, -0.05) is 11.6 Å². The Labute approximate surface area is 130 Å². The number of halogens is 1. The van der Waals surface area contributed by atoms with Crippen molar-refractivity contribution in [1.29, 1.82) is 0 Å². The predicted octanol–water partition coefficient (Wildman–Crippen LogP) is 2.02. The van der Waals surface area contributed by atoms with Crippen molar-refractivity contribution in [2.24, 2.45) is 0 Å². The van der Waals surface area contributed by atoms with Gasteiger partial charge in [0.15, 0.2) is 11.5 Å². The zero-order valence-electron chi connectivity index (χ0n) is 12.2. The minimum atomic E-state index is -2.82. The molecule has 0 bridgehead atoms. The molecule has 1 aliphatic rings. The first kappa shape index (κ1) is 16.4. The van der Waals surface area contributed by atoms with Crippen LogP contribution in [-0.4, -0.2) is 40.2 Å². The maximum Gasteiger partial charge on any atom is 0.179 e. The summed E-state index contributed by atoms with van der Waals surface area (Å²) in [6.07, 6.45) is 1.31. The topological polar surface area (TPSA) is 64.6 Å². The van der Waals surface area contributed by atoms with Gasteiger partial charge in [-0.25, -0.2) is 8.42 Å². The highest BCUT2D eigenvalue weighted by atomic mass is 35.5. The molecule has 1 heterocycles. The minimum Gasteiger partial charge on any atom is -0.493 e. The zero-order valence-corrected chi connectivity index (χ0v) is 13.8. The fourth-order valence-corrected chi connectivity index (χ4v) is 4.23. The normalized spacial score (nSPS) is 18.4. The second-order valence-corrected chi connectivity index (χ2v) is 7.83.